The van der Waals surface area contributed by atoms with E-state index < -0.39 is 0 Å². The fraction of sp³-hybridized carbons (Fsp3) is 0.714. The second kappa shape index (κ2) is 5.16. The van der Waals surface area contributed by atoms with Crippen molar-refractivity contribution in [3.8, 4) is 11.5 Å². The van der Waals surface area contributed by atoms with Crippen LogP contribution in [0.1, 0.15) is 84.3 Å². The lowest BCUT2D eigenvalue weighted by atomic mass is 9.65. The molecule has 1 aromatic rings. The minimum atomic E-state index is -0.161. The van der Waals surface area contributed by atoms with Crippen LogP contribution in [0.15, 0.2) is 12.1 Å². The minimum absolute atomic E-state index is 0.0952. The summed E-state index contributed by atoms with van der Waals surface area (Å²) in [7, 11) is 0. The quantitative estimate of drug-likeness (QED) is 0.708. The van der Waals surface area contributed by atoms with Crippen LogP contribution in [0.3, 0.4) is 0 Å². The van der Waals surface area contributed by atoms with Gasteiger partial charge in [0.2, 0.25) is 0 Å². The molecule has 2 fully saturated rings. The van der Waals surface area contributed by atoms with Gasteiger partial charge in [0, 0.05) is 11.1 Å². The van der Waals surface area contributed by atoms with Crippen LogP contribution in [-0.2, 0) is 10.8 Å². The SMILES string of the molecule is CC(C)(C)CC(C)(C)c1c(O)ccc(O)c1C12CCC(CC1)C2. The van der Waals surface area contributed by atoms with Gasteiger partial charge in [0.25, 0.3) is 0 Å². The smallest absolute Gasteiger partial charge is 0.119 e. The number of hydrogen-bond acceptors (Lipinski definition) is 2. The first-order chi connectivity index (χ1) is 10.5. The van der Waals surface area contributed by atoms with Gasteiger partial charge in [-0.05, 0) is 72.8 Å². The molecule has 2 bridgehead atoms. The van der Waals surface area contributed by atoms with Crippen molar-refractivity contribution in [3.05, 3.63) is 23.3 Å². The highest BCUT2D eigenvalue weighted by Crippen LogP contribution is 2.60. The topological polar surface area (TPSA) is 40.5 Å². The first-order valence-electron chi connectivity index (χ1n) is 9.10. The van der Waals surface area contributed by atoms with Crippen molar-refractivity contribution in [1.29, 1.82) is 0 Å². The average molecular weight is 316 g/mol. The summed E-state index contributed by atoms with van der Waals surface area (Å²) in [5.74, 6) is 1.56. The minimum Gasteiger partial charge on any atom is -0.508 e. The van der Waals surface area contributed by atoms with Gasteiger partial charge in [-0.15, -0.1) is 0 Å². The van der Waals surface area contributed by atoms with E-state index >= 15 is 0 Å². The summed E-state index contributed by atoms with van der Waals surface area (Å²) in [6.45, 7) is 11.2. The van der Waals surface area contributed by atoms with E-state index in [1.807, 2.05) is 0 Å². The molecule has 0 aromatic heterocycles. The molecule has 0 radical (unpaired) electrons. The second-order valence-corrected chi connectivity index (χ2v) is 9.90. The highest BCUT2D eigenvalue weighted by Gasteiger charge is 2.50. The van der Waals surface area contributed by atoms with E-state index in [0.717, 1.165) is 36.3 Å². The summed E-state index contributed by atoms with van der Waals surface area (Å²) in [5, 5.41) is 21.5. The van der Waals surface area contributed by atoms with E-state index in [1.165, 1.54) is 19.3 Å². The second-order valence-electron chi connectivity index (χ2n) is 9.90. The highest BCUT2D eigenvalue weighted by molar-refractivity contribution is 5.55. The predicted octanol–water partition coefficient (Wildman–Crippen LogP) is 5.64. The first-order valence-corrected chi connectivity index (χ1v) is 9.10. The molecule has 0 atom stereocenters. The van der Waals surface area contributed by atoms with Gasteiger partial charge in [0.1, 0.15) is 11.5 Å². The Balaban J connectivity index is 2.15. The van der Waals surface area contributed by atoms with Gasteiger partial charge < -0.3 is 10.2 Å². The molecule has 2 heteroatoms. The summed E-state index contributed by atoms with van der Waals surface area (Å²) >= 11 is 0. The van der Waals surface area contributed by atoms with Gasteiger partial charge in [-0.25, -0.2) is 0 Å². The predicted molar refractivity (Wildman–Crippen MR) is 95.1 cm³/mol. The third-order valence-corrected chi connectivity index (χ3v) is 6.08. The molecule has 2 aliphatic rings. The van der Waals surface area contributed by atoms with Crippen LogP contribution in [0.5, 0.6) is 11.5 Å². The number of rotatable bonds is 3. The Hall–Kier alpha value is -1.18. The molecule has 2 N–H and O–H groups in total. The summed E-state index contributed by atoms with van der Waals surface area (Å²) in [6, 6.07) is 3.37. The van der Waals surface area contributed by atoms with Crippen molar-refractivity contribution in [2.24, 2.45) is 11.3 Å². The number of phenols is 2. The number of fused-ring (bicyclic) bond motifs is 2. The Labute approximate surface area is 140 Å². The molecule has 0 unspecified atom stereocenters. The summed E-state index contributed by atoms with van der Waals surface area (Å²) in [4.78, 5) is 0. The molecule has 0 heterocycles. The molecule has 0 aliphatic heterocycles. The van der Waals surface area contributed by atoms with Gasteiger partial charge >= 0.3 is 0 Å². The fourth-order valence-electron chi connectivity index (χ4n) is 5.76. The van der Waals surface area contributed by atoms with Gasteiger partial charge in [-0.1, -0.05) is 34.6 Å². The van der Waals surface area contributed by atoms with E-state index in [4.69, 9.17) is 0 Å². The number of aromatic hydroxyl groups is 2. The molecule has 2 aliphatic carbocycles. The molecule has 23 heavy (non-hydrogen) atoms. The lowest BCUT2D eigenvalue weighted by Crippen LogP contribution is -2.31. The van der Waals surface area contributed by atoms with Crippen LogP contribution in [0, 0.1) is 11.3 Å². The lowest BCUT2D eigenvalue weighted by Gasteiger charge is -2.39. The Morgan fingerprint density at radius 2 is 1.57 bits per heavy atom. The van der Waals surface area contributed by atoms with Crippen molar-refractivity contribution in [2.75, 3.05) is 0 Å². The van der Waals surface area contributed by atoms with Crippen molar-refractivity contribution in [2.45, 2.75) is 84.0 Å². The molecular formula is C21H32O2. The maximum absolute atomic E-state index is 10.7. The Morgan fingerprint density at radius 3 is 2.04 bits per heavy atom. The van der Waals surface area contributed by atoms with Gasteiger partial charge in [0.05, 0.1) is 0 Å². The van der Waals surface area contributed by atoms with E-state index in [9.17, 15) is 10.2 Å². The summed E-state index contributed by atoms with van der Waals surface area (Å²) in [6.07, 6.45) is 7.02. The molecule has 2 nitrogen and oxygen atoms in total. The van der Waals surface area contributed by atoms with Crippen molar-refractivity contribution >= 4 is 0 Å². The number of hydrogen-bond donors (Lipinski definition) is 2. The largest absolute Gasteiger partial charge is 0.508 e. The van der Waals surface area contributed by atoms with Gasteiger partial charge in [0.15, 0.2) is 0 Å². The van der Waals surface area contributed by atoms with Crippen molar-refractivity contribution < 1.29 is 10.2 Å². The Morgan fingerprint density at radius 1 is 1.00 bits per heavy atom. The zero-order chi connectivity index (χ0) is 17.0. The Kier molecular flexibility index (Phi) is 3.74. The van der Waals surface area contributed by atoms with Crippen LogP contribution >= 0.6 is 0 Å². The van der Waals surface area contributed by atoms with E-state index in [0.29, 0.717) is 11.5 Å². The molecule has 0 saturated heterocycles. The van der Waals surface area contributed by atoms with Crippen LogP contribution in [0.25, 0.3) is 0 Å². The van der Waals surface area contributed by atoms with E-state index in [1.54, 1.807) is 12.1 Å². The molecule has 0 amide bonds. The lowest BCUT2D eigenvalue weighted by molar-refractivity contribution is 0.270. The van der Waals surface area contributed by atoms with E-state index in [2.05, 4.69) is 34.6 Å². The zero-order valence-electron chi connectivity index (χ0n) is 15.4. The van der Waals surface area contributed by atoms with Gasteiger partial charge in [-0.3, -0.25) is 0 Å². The van der Waals surface area contributed by atoms with Crippen LogP contribution < -0.4 is 0 Å². The molecule has 128 valence electrons. The standard InChI is InChI=1S/C21H32O2/c1-19(2,3)13-20(4,5)17-15(22)6-7-16(23)18(17)21-10-8-14(12-21)9-11-21/h6-7,14,22-23H,8-13H2,1-5H3. The molecular weight excluding hydrogens is 284 g/mol. The first kappa shape index (κ1) is 16.7. The summed E-state index contributed by atoms with van der Waals surface area (Å²) < 4.78 is 0. The number of phenolic OH excluding ortho intramolecular Hbond substituents is 2. The summed E-state index contributed by atoms with van der Waals surface area (Å²) in [5.41, 5.74) is 2.16. The highest BCUT2D eigenvalue weighted by atomic mass is 16.3. The molecule has 0 spiro atoms. The monoisotopic (exact) mass is 316 g/mol. The average Bonchev–Trinajstić information content (AvgIpc) is 2.99. The van der Waals surface area contributed by atoms with Crippen LogP contribution in [0.2, 0.25) is 0 Å². The van der Waals surface area contributed by atoms with Crippen LogP contribution in [-0.4, -0.2) is 10.2 Å². The molecule has 3 rings (SSSR count). The zero-order valence-corrected chi connectivity index (χ0v) is 15.4. The maximum atomic E-state index is 10.7. The third-order valence-electron chi connectivity index (χ3n) is 6.08. The molecule has 1 aromatic carbocycles. The van der Waals surface area contributed by atoms with Gasteiger partial charge in [-0.2, -0.15) is 0 Å². The van der Waals surface area contributed by atoms with Crippen molar-refractivity contribution in [1.82, 2.24) is 0 Å². The van der Waals surface area contributed by atoms with E-state index in [-0.39, 0.29) is 16.2 Å². The van der Waals surface area contributed by atoms with Crippen LogP contribution in [0.4, 0.5) is 0 Å². The third kappa shape index (κ3) is 2.86. The molecule has 2 saturated carbocycles. The maximum Gasteiger partial charge on any atom is 0.119 e. The normalized spacial score (nSPS) is 27.6. The van der Waals surface area contributed by atoms with Crippen molar-refractivity contribution in [3.63, 3.8) is 0 Å². The fourth-order valence-corrected chi connectivity index (χ4v) is 5.76. The Bertz CT molecular complexity index is 599. The number of benzene rings is 1.